The molecule has 3 aromatic rings. The summed E-state index contributed by atoms with van der Waals surface area (Å²) in [7, 11) is 0. The Morgan fingerprint density at radius 2 is 1.87 bits per heavy atom. The minimum absolute atomic E-state index is 0.0830. The van der Waals surface area contributed by atoms with Crippen molar-refractivity contribution in [1.82, 2.24) is 9.88 Å². The van der Waals surface area contributed by atoms with Gasteiger partial charge in [-0.15, -0.1) is 0 Å². The summed E-state index contributed by atoms with van der Waals surface area (Å²) >= 11 is 1.10. The first-order valence-corrected chi connectivity index (χ1v) is 10.3. The number of halogens is 2. The van der Waals surface area contributed by atoms with Crippen LogP contribution in [0.25, 0.3) is 10.2 Å². The molecule has 2 aromatic carbocycles. The lowest BCUT2D eigenvalue weighted by Crippen LogP contribution is -2.41. The molecule has 0 atom stereocenters. The average molecular weight is 431 g/mol. The molecule has 1 aliphatic heterocycles. The molecule has 156 valence electrons. The van der Waals surface area contributed by atoms with E-state index in [0.717, 1.165) is 17.4 Å². The van der Waals surface area contributed by atoms with Crippen molar-refractivity contribution >= 4 is 39.1 Å². The first kappa shape index (κ1) is 20.2. The first-order valence-electron chi connectivity index (χ1n) is 9.48. The fourth-order valence-corrected chi connectivity index (χ4v) is 4.31. The number of nitrogens with one attached hydrogen (secondary N) is 1. The van der Waals surface area contributed by atoms with E-state index >= 15 is 0 Å². The van der Waals surface area contributed by atoms with Crippen LogP contribution in [-0.2, 0) is 4.79 Å². The van der Waals surface area contributed by atoms with Crippen LogP contribution in [0.1, 0.15) is 30.1 Å². The fourth-order valence-electron chi connectivity index (χ4n) is 3.39. The number of carbonyl (C=O) groups excluding carboxylic acids is 2. The van der Waals surface area contributed by atoms with Crippen LogP contribution < -0.4 is 10.1 Å². The van der Waals surface area contributed by atoms with Gasteiger partial charge in [-0.3, -0.25) is 9.59 Å². The number of piperidine rings is 1. The van der Waals surface area contributed by atoms with Crippen molar-refractivity contribution in [2.75, 3.05) is 18.4 Å². The highest BCUT2D eigenvalue weighted by atomic mass is 32.1. The van der Waals surface area contributed by atoms with E-state index in [2.05, 4.69) is 10.3 Å². The molecule has 1 N–H and O–H groups in total. The van der Waals surface area contributed by atoms with Crippen LogP contribution in [0.2, 0.25) is 0 Å². The molecule has 0 saturated carbocycles. The van der Waals surface area contributed by atoms with Gasteiger partial charge in [0.05, 0.1) is 4.70 Å². The number of likely N-dealkylation sites (tertiary alicyclic amines) is 1. The average Bonchev–Trinajstić information content (AvgIpc) is 3.11. The van der Waals surface area contributed by atoms with Crippen molar-refractivity contribution in [3.63, 3.8) is 0 Å². The van der Waals surface area contributed by atoms with Crippen molar-refractivity contribution in [3.8, 4) is 5.19 Å². The molecule has 0 unspecified atom stereocenters. The summed E-state index contributed by atoms with van der Waals surface area (Å²) in [5, 5.41) is 2.96. The Morgan fingerprint density at radius 3 is 2.53 bits per heavy atom. The molecule has 0 bridgehead atoms. The van der Waals surface area contributed by atoms with E-state index in [0.29, 0.717) is 47.1 Å². The van der Waals surface area contributed by atoms with Gasteiger partial charge in [0, 0.05) is 50.2 Å². The highest BCUT2D eigenvalue weighted by molar-refractivity contribution is 7.20. The number of thiazole rings is 1. The van der Waals surface area contributed by atoms with E-state index in [4.69, 9.17) is 4.74 Å². The molecular weight excluding hydrogens is 412 g/mol. The predicted octanol–water partition coefficient (Wildman–Crippen LogP) is 4.22. The Hall–Kier alpha value is -3.07. The second-order valence-electron chi connectivity index (χ2n) is 7.08. The van der Waals surface area contributed by atoms with Crippen molar-refractivity contribution in [1.29, 1.82) is 0 Å². The summed E-state index contributed by atoms with van der Waals surface area (Å²) in [6.45, 7) is 2.46. The summed E-state index contributed by atoms with van der Waals surface area (Å²) in [4.78, 5) is 29.7. The van der Waals surface area contributed by atoms with Gasteiger partial charge >= 0.3 is 0 Å². The molecule has 2 heterocycles. The van der Waals surface area contributed by atoms with Crippen LogP contribution in [0.3, 0.4) is 0 Å². The SMILES string of the molecule is CC(=O)Nc1ccc(C(=O)N2CCC(Oc3nc4c(F)cc(F)cc4s3)CC2)cc1. The molecule has 0 aliphatic carbocycles. The van der Waals surface area contributed by atoms with Crippen molar-refractivity contribution in [2.45, 2.75) is 25.9 Å². The van der Waals surface area contributed by atoms with Gasteiger partial charge in [-0.2, -0.15) is 4.98 Å². The molecule has 1 aliphatic rings. The molecule has 4 rings (SSSR count). The zero-order valence-corrected chi connectivity index (χ0v) is 17.0. The zero-order chi connectivity index (χ0) is 21.3. The van der Waals surface area contributed by atoms with Crippen molar-refractivity contribution < 1.29 is 23.1 Å². The van der Waals surface area contributed by atoms with Crippen LogP contribution in [0.15, 0.2) is 36.4 Å². The Labute approximate surface area is 175 Å². The number of hydrogen-bond acceptors (Lipinski definition) is 5. The number of rotatable bonds is 4. The van der Waals surface area contributed by atoms with Gasteiger partial charge in [0.2, 0.25) is 5.91 Å². The van der Waals surface area contributed by atoms with Gasteiger partial charge in [-0.1, -0.05) is 11.3 Å². The number of aromatic nitrogens is 1. The number of ether oxygens (including phenoxy) is 1. The second kappa shape index (κ2) is 8.35. The number of fused-ring (bicyclic) bond motifs is 1. The lowest BCUT2D eigenvalue weighted by molar-refractivity contribution is -0.114. The first-order chi connectivity index (χ1) is 14.4. The van der Waals surface area contributed by atoms with E-state index in [1.807, 2.05) is 0 Å². The van der Waals surface area contributed by atoms with Crippen molar-refractivity contribution in [2.24, 2.45) is 0 Å². The Balaban J connectivity index is 1.35. The van der Waals surface area contributed by atoms with Crippen LogP contribution in [-0.4, -0.2) is 40.9 Å². The smallest absolute Gasteiger partial charge is 0.274 e. The highest BCUT2D eigenvalue weighted by Crippen LogP contribution is 2.32. The third-order valence-electron chi connectivity index (χ3n) is 4.84. The molecule has 6 nitrogen and oxygen atoms in total. The molecule has 1 fully saturated rings. The minimum Gasteiger partial charge on any atom is -0.467 e. The highest BCUT2D eigenvalue weighted by Gasteiger charge is 2.25. The van der Waals surface area contributed by atoms with Crippen molar-refractivity contribution in [3.05, 3.63) is 53.6 Å². The molecule has 1 aromatic heterocycles. The number of amides is 2. The summed E-state index contributed by atoms with van der Waals surface area (Å²) < 4.78 is 33.4. The topological polar surface area (TPSA) is 71.5 Å². The minimum atomic E-state index is -0.707. The fraction of sp³-hybridized carbons (Fsp3) is 0.286. The van der Waals surface area contributed by atoms with Crippen LogP contribution in [0.4, 0.5) is 14.5 Å². The Bertz CT molecular complexity index is 1090. The molecule has 9 heteroatoms. The third kappa shape index (κ3) is 4.40. The second-order valence-corrected chi connectivity index (χ2v) is 8.08. The number of benzene rings is 2. The van der Waals surface area contributed by atoms with E-state index in [9.17, 15) is 18.4 Å². The molecule has 30 heavy (non-hydrogen) atoms. The summed E-state index contributed by atoms with van der Waals surface area (Å²) in [5.41, 5.74) is 1.29. The monoisotopic (exact) mass is 431 g/mol. The van der Waals surface area contributed by atoms with Gasteiger partial charge in [0.25, 0.3) is 11.1 Å². The van der Waals surface area contributed by atoms with Crippen LogP contribution in [0, 0.1) is 11.6 Å². The number of carbonyl (C=O) groups is 2. The summed E-state index contributed by atoms with van der Waals surface area (Å²) in [5.74, 6) is -1.61. The quantitative estimate of drug-likeness (QED) is 0.672. The maximum absolute atomic E-state index is 13.8. The van der Waals surface area contributed by atoms with E-state index in [-0.39, 0.29) is 23.4 Å². The molecule has 0 spiro atoms. The Morgan fingerprint density at radius 1 is 1.17 bits per heavy atom. The van der Waals surface area contributed by atoms with Crippen LogP contribution >= 0.6 is 11.3 Å². The maximum atomic E-state index is 13.8. The van der Waals surface area contributed by atoms with Gasteiger partial charge in [-0.25, -0.2) is 8.78 Å². The van der Waals surface area contributed by atoms with Gasteiger partial charge in [0.1, 0.15) is 17.4 Å². The standard InChI is InChI=1S/C21H19F2N3O3S/c1-12(27)24-15-4-2-13(3-5-15)20(28)26-8-6-16(7-9-26)29-21-25-19-17(23)10-14(22)11-18(19)30-21/h2-5,10-11,16H,6-9H2,1H3,(H,24,27). The van der Waals surface area contributed by atoms with E-state index in [1.54, 1.807) is 29.2 Å². The third-order valence-corrected chi connectivity index (χ3v) is 5.74. The normalized spacial score (nSPS) is 14.7. The van der Waals surface area contributed by atoms with Gasteiger partial charge < -0.3 is 15.0 Å². The molecule has 0 radical (unpaired) electrons. The van der Waals surface area contributed by atoms with Crippen LogP contribution in [0.5, 0.6) is 5.19 Å². The summed E-state index contributed by atoms with van der Waals surface area (Å²) in [6, 6.07) is 8.80. The number of nitrogens with zero attached hydrogens (tertiary/aromatic N) is 2. The zero-order valence-electron chi connectivity index (χ0n) is 16.2. The molecule has 2 amide bonds. The Kier molecular flexibility index (Phi) is 5.63. The predicted molar refractivity (Wildman–Crippen MR) is 110 cm³/mol. The molecule has 1 saturated heterocycles. The van der Waals surface area contributed by atoms with E-state index in [1.165, 1.54) is 13.0 Å². The van der Waals surface area contributed by atoms with Gasteiger partial charge in [-0.05, 0) is 30.3 Å². The maximum Gasteiger partial charge on any atom is 0.274 e. The van der Waals surface area contributed by atoms with E-state index < -0.39 is 11.6 Å². The summed E-state index contributed by atoms with van der Waals surface area (Å²) in [6.07, 6.45) is 1.08. The lowest BCUT2D eigenvalue weighted by Gasteiger charge is -2.31. The number of hydrogen-bond donors (Lipinski definition) is 1. The molecular formula is C21H19F2N3O3S. The van der Waals surface area contributed by atoms with Gasteiger partial charge in [0.15, 0.2) is 5.82 Å². The largest absolute Gasteiger partial charge is 0.467 e. The number of anilines is 1. The lowest BCUT2D eigenvalue weighted by atomic mass is 10.1.